The molecule has 0 bridgehead atoms. The van der Waals surface area contributed by atoms with Crippen LogP contribution in [0.5, 0.6) is 5.75 Å². The summed E-state index contributed by atoms with van der Waals surface area (Å²) >= 11 is 6.12. The number of nitrogens with one attached hydrogen (secondary N) is 2. The number of aromatic nitrogens is 6. The van der Waals surface area contributed by atoms with Crippen molar-refractivity contribution in [3.05, 3.63) is 87.4 Å². The second-order valence-electron chi connectivity index (χ2n) is 7.43. The van der Waals surface area contributed by atoms with Gasteiger partial charge in [0.2, 0.25) is 5.95 Å². The summed E-state index contributed by atoms with van der Waals surface area (Å²) in [6.45, 7) is 1.77. The Labute approximate surface area is 197 Å². The van der Waals surface area contributed by atoms with Gasteiger partial charge in [0.25, 0.3) is 11.5 Å². The van der Waals surface area contributed by atoms with E-state index in [1.54, 1.807) is 68.6 Å². The van der Waals surface area contributed by atoms with Crippen molar-refractivity contribution in [2.24, 2.45) is 0 Å². The number of aryl methyl sites for hydroxylation is 1. The average molecular weight is 476 g/mol. The Hall–Kier alpha value is -4.44. The van der Waals surface area contributed by atoms with Crippen LogP contribution >= 0.6 is 11.6 Å². The molecule has 0 aliphatic rings. The fourth-order valence-corrected chi connectivity index (χ4v) is 3.67. The molecule has 0 aliphatic heterocycles. The number of carbonyl (C=O) groups is 1. The summed E-state index contributed by atoms with van der Waals surface area (Å²) in [7, 11) is 1.55. The zero-order valence-electron chi connectivity index (χ0n) is 18.1. The molecule has 5 aromatic rings. The molecule has 170 valence electrons. The van der Waals surface area contributed by atoms with Crippen molar-refractivity contribution in [1.82, 2.24) is 29.5 Å². The van der Waals surface area contributed by atoms with Crippen molar-refractivity contribution in [2.75, 3.05) is 12.4 Å². The van der Waals surface area contributed by atoms with E-state index in [1.165, 1.54) is 15.6 Å². The standard InChI is InChI=1S/C23H18ClN7O3/c1-13-10-19(26-21(32)14-6-8-17(34-2)9-7-14)31(29-13)23-27-20-18(22(33)28-23)12-25-30(20)16-5-3-4-15(24)11-16/h3-12H,1-2H3,(H,26,32)(H,27,28,33). The van der Waals surface area contributed by atoms with E-state index in [9.17, 15) is 9.59 Å². The van der Waals surface area contributed by atoms with Gasteiger partial charge in [-0.05, 0) is 49.4 Å². The van der Waals surface area contributed by atoms with Gasteiger partial charge in [-0.15, -0.1) is 0 Å². The summed E-state index contributed by atoms with van der Waals surface area (Å²) in [4.78, 5) is 32.9. The van der Waals surface area contributed by atoms with E-state index in [2.05, 4.69) is 25.5 Å². The molecule has 2 N–H and O–H groups in total. The number of aromatic amines is 1. The van der Waals surface area contributed by atoms with Crippen molar-refractivity contribution in [3.8, 4) is 17.4 Å². The molecule has 1 amide bonds. The SMILES string of the molecule is COc1ccc(C(=O)Nc2cc(C)nn2-c2nc3c(cnn3-c3cccc(Cl)c3)c(=O)[nH]2)cc1. The maximum absolute atomic E-state index is 12.8. The number of carbonyl (C=O) groups excluding carboxylic acids is 1. The van der Waals surface area contributed by atoms with E-state index in [-0.39, 0.29) is 11.9 Å². The first-order chi connectivity index (χ1) is 16.4. The highest BCUT2D eigenvalue weighted by Gasteiger charge is 2.17. The Morgan fingerprint density at radius 2 is 1.91 bits per heavy atom. The van der Waals surface area contributed by atoms with Crippen LogP contribution in [0.2, 0.25) is 5.02 Å². The van der Waals surface area contributed by atoms with Crippen LogP contribution < -0.4 is 15.6 Å². The molecule has 11 heteroatoms. The van der Waals surface area contributed by atoms with Gasteiger partial charge in [0.1, 0.15) is 17.0 Å². The van der Waals surface area contributed by atoms with Crippen LogP contribution in [0.4, 0.5) is 5.82 Å². The van der Waals surface area contributed by atoms with Gasteiger partial charge in [-0.1, -0.05) is 17.7 Å². The molecule has 0 aliphatic carbocycles. The fourth-order valence-electron chi connectivity index (χ4n) is 3.48. The molecule has 5 rings (SSSR count). The van der Waals surface area contributed by atoms with Crippen molar-refractivity contribution in [2.45, 2.75) is 6.92 Å². The maximum Gasteiger partial charge on any atom is 0.263 e. The lowest BCUT2D eigenvalue weighted by Crippen LogP contribution is -2.19. The summed E-state index contributed by atoms with van der Waals surface area (Å²) in [6, 6.07) is 15.4. The number of ether oxygens (including phenoxy) is 1. The van der Waals surface area contributed by atoms with Crippen LogP contribution in [0.25, 0.3) is 22.7 Å². The molecule has 2 aromatic carbocycles. The minimum atomic E-state index is -0.395. The van der Waals surface area contributed by atoms with E-state index in [4.69, 9.17) is 16.3 Å². The number of nitrogens with zero attached hydrogens (tertiary/aromatic N) is 5. The van der Waals surface area contributed by atoms with Crippen LogP contribution in [0.15, 0.2) is 65.6 Å². The first kappa shape index (κ1) is 21.4. The second-order valence-corrected chi connectivity index (χ2v) is 7.86. The number of amides is 1. The first-order valence-corrected chi connectivity index (χ1v) is 10.6. The summed E-state index contributed by atoms with van der Waals surface area (Å²) in [5.74, 6) is 0.758. The van der Waals surface area contributed by atoms with Gasteiger partial charge in [0.05, 0.1) is 24.7 Å². The van der Waals surface area contributed by atoms with Gasteiger partial charge in [-0.3, -0.25) is 14.6 Å². The molecule has 0 spiro atoms. The van der Waals surface area contributed by atoms with Gasteiger partial charge in [0.15, 0.2) is 5.65 Å². The Morgan fingerprint density at radius 3 is 2.65 bits per heavy atom. The van der Waals surface area contributed by atoms with Crippen molar-refractivity contribution in [3.63, 3.8) is 0 Å². The molecule has 0 saturated carbocycles. The number of rotatable bonds is 5. The number of halogens is 1. The molecule has 0 saturated heterocycles. The van der Waals surface area contributed by atoms with Gasteiger partial charge in [0, 0.05) is 16.7 Å². The summed E-state index contributed by atoms with van der Waals surface area (Å²) in [6.07, 6.45) is 1.44. The molecule has 0 atom stereocenters. The number of anilines is 1. The maximum atomic E-state index is 12.8. The van der Waals surface area contributed by atoms with Crippen LogP contribution in [0.1, 0.15) is 16.1 Å². The molecular weight excluding hydrogens is 458 g/mol. The first-order valence-electron chi connectivity index (χ1n) is 10.2. The van der Waals surface area contributed by atoms with E-state index < -0.39 is 5.56 Å². The topological polar surface area (TPSA) is 120 Å². The molecule has 3 heterocycles. The summed E-state index contributed by atoms with van der Waals surface area (Å²) < 4.78 is 8.02. The lowest BCUT2D eigenvalue weighted by Gasteiger charge is -2.09. The van der Waals surface area contributed by atoms with Crippen molar-refractivity contribution in [1.29, 1.82) is 0 Å². The highest BCUT2D eigenvalue weighted by molar-refractivity contribution is 6.30. The molecule has 0 unspecified atom stereocenters. The number of hydrogen-bond acceptors (Lipinski definition) is 6. The second kappa shape index (κ2) is 8.49. The molecular formula is C23H18ClN7O3. The Balaban J connectivity index is 1.56. The zero-order valence-corrected chi connectivity index (χ0v) is 18.9. The fraction of sp³-hybridized carbons (Fsp3) is 0.0870. The predicted molar refractivity (Wildman–Crippen MR) is 127 cm³/mol. The summed E-state index contributed by atoms with van der Waals surface area (Å²) in [5, 5.41) is 12.3. The minimum Gasteiger partial charge on any atom is -0.497 e. The number of benzene rings is 2. The Bertz CT molecular complexity index is 1580. The molecule has 0 radical (unpaired) electrons. The molecule has 34 heavy (non-hydrogen) atoms. The minimum absolute atomic E-state index is 0.124. The quantitative estimate of drug-likeness (QED) is 0.401. The van der Waals surface area contributed by atoms with Gasteiger partial charge < -0.3 is 10.1 Å². The normalized spacial score (nSPS) is 11.0. The van der Waals surface area contributed by atoms with Gasteiger partial charge in [-0.25, -0.2) is 4.68 Å². The summed E-state index contributed by atoms with van der Waals surface area (Å²) in [5.41, 5.74) is 1.63. The van der Waals surface area contributed by atoms with Crippen LogP contribution in [0, 0.1) is 6.92 Å². The average Bonchev–Trinajstić information content (AvgIpc) is 3.42. The lowest BCUT2D eigenvalue weighted by molar-refractivity contribution is 0.102. The van der Waals surface area contributed by atoms with Crippen LogP contribution in [-0.4, -0.2) is 42.5 Å². The number of hydrogen-bond donors (Lipinski definition) is 2. The van der Waals surface area contributed by atoms with E-state index in [0.29, 0.717) is 44.6 Å². The lowest BCUT2D eigenvalue weighted by atomic mass is 10.2. The number of methoxy groups -OCH3 is 1. The third kappa shape index (κ3) is 3.90. The van der Waals surface area contributed by atoms with E-state index >= 15 is 0 Å². The van der Waals surface area contributed by atoms with Crippen LogP contribution in [-0.2, 0) is 0 Å². The highest BCUT2D eigenvalue weighted by Crippen LogP contribution is 2.20. The van der Waals surface area contributed by atoms with E-state index in [1.807, 2.05) is 0 Å². The van der Waals surface area contributed by atoms with Crippen LogP contribution in [0.3, 0.4) is 0 Å². The zero-order chi connectivity index (χ0) is 23.8. The highest BCUT2D eigenvalue weighted by atomic mass is 35.5. The van der Waals surface area contributed by atoms with Crippen molar-refractivity contribution >= 4 is 34.4 Å². The Morgan fingerprint density at radius 1 is 1.12 bits per heavy atom. The van der Waals surface area contributed by atoms with Gasteiger partial charge in [-0.2, -0.15) is 19.9 Å². The third-order valence-electron chi connectivity index (χ3n) is 5.10. The molecule has 10 nitrogen and oxygen atoms in total. The van der Waals surface area contributed by atoms with Crippen molar-refractivity contribution < 1.29 is 9.53 Å². The monoisotopic (exact) mass is 475 g/mol. The van der Waals surface area contributed by atoms with Gasteiger partial charge >= 0.3 is 0 Å². The third-order valence-corrected chi connectivity index (χ3v) is 5.34. The predicted octanol–water partition coefficient (Wildman–Crippen LogP) is 3.52. The molecule has 0 fully saturated rings. The number of H-pyrrole nitrogens is 1. The smallest absolute Gasteiger partial charge is 0.263 e. The largest absolute Gasteiger partial charge is 0.497 e. The number of fused-ring (bicyclic) bond motifs is 1. The van der Waals surface area contributed by atoms with E-state index in [0.717, 1.165) is 0 Å². The molecule has 3 aromatic heterocycles. The Kier molecular flexibility index (Phi) is 5.34.